The van der Waals surface area contributed by atoms with Crippen LogP contribution in [0.15, 0.2) is 36.9 Å². The summed E-state index contributed by atoms with van der Waals surface area (Å²) in [6.07, 6.45) is 8.09. The van der Waals surface area contributed by atoms with Crippen molar-refractivity contribution in [3.63, 3.8) is 0 Å². The number of nitrogens with zero attached hydrogens (tertiary/aromatic N) is 7. The van der Waals surface area contributed by atoms with Crippen molar-refractivity contribution in [3.8, 4) is 0 Å². The number of aryl methyl sites for hydroxylation is 1. The minimum atomic E-state index is -0.0409. The molecular weight excluding hydrogens is 330 g/mol. The second kappa shape index (κ2) is 7.17. The Morgan fingerprint density at radius 2 is 2.00 bits per heavy atom. The molecule has 0 radical (unpaired) electrons. The fourth-order valence-electron chi connectivity index (χ4n) is 3.28. The molecule has 8 nitrogen and oxygen atoms in total. The highest BCUT2D eigenvalue weighted by atomic mass is 16.2. The Morgan fingerprint density at radius 1 is 1.12 bits per heavy atom. The van der Waals surface area contributed by atoms with E-state index in [2.05, 4.69) is 25.0 Å². The summed E-state index contributed by atoms with van der Waals surface area (Å²) in [4.78, 5) is 29.9. The van der Waals surface area contributed by atoms with E-state index in [1.54, 1.807) is 24.5 Å². The molecule has 0 unspecified atom stereocenters. The Bertz CT molecular complexity index is 923. The lowest BCUT2D eigenvalue weighted by atomic mass is 10.3. The first-order chi connectivity index (χ1) is 12.7. The minimum absolute atomic E-state index is 0.0409. The van der Waals surface area contributed by atoms with E-state index in [9.17, 15) is 4.79 Å². The van der Waals surface area contributed by atoms with E-state index in [1.165, 1.54) is 5.56 Å². The van der Waals surface area contributed by atoms with Gasteiger partial charge in [0.05, 0.1) is 6.20 Å². The molecule has 4 rings (SSSR count). The zero-order valence-corrected chi connectivity index (χ0v) is 14.7. The third-order valence-corrected chi connectivity index (χ3v) is 4.59. The SMILES string of the molecule is Cn1cc(CN2CCCN(C(=O)c3ccc4nccnc4n3)CC2)cn1. The molecule has 4 heterocycles. The predicted molar refractivity (Wildman–Crippen MR) is 96.3 cm³/mol. The number of amides is 1. The quantitative estimate of drug-likeness (QED) is 0.703. The third kappa shape index (κ3) is 3.55. The van der Waals surface area contributed by atoms with E-state index in [1.807, 2.05) is 29.0 Å². The zero-order valence-electron chi connectivity index (χ0n) is 14.7. The molecule has 1 aliphatic heterocycles. The van der Waals surface area contributed by atoms with Crippen molar-refractivity contribution in [1.82, 2.24) is 34.5 Å². The summed E-state index contributed by atoms with van der Waals surface area (Å²) in [5, 5.41) is 4.22. The average molecular weight is 351 g/mol. The molecule has 8 heteroatoms. The highest BCUT2D eigenvalue weighted by Gasteiger charge is 2.21. The van der Waals surface area contributed by atoms with Crippen molar-refractivity contribution in [2.24, 2.45) is 7.05 Å². The van der Waals surface area contributed by atoms with E-state index < -0.39 is 0 Å². The first-order valence-electron chi connectivity index (χ1n) is 8.76. The molecule has 134 valence electrons. The van der Waals surface area contributed by atoms with Crippen LogP contribution in [0.2, 0.25) is 0 Å². The van der Waals surface area contributed by atoms with Gasteiger partial charge in [0.25, 0.3) is 5.91 Å². The van der Waals surface area contributed by atoms with Gasteiger partial charge in [-0.05, 0) is 18.6 Å². The molecule has 0 saturated carbocycles. The predicted octanol–water partition coefficient (Wildman–Crippen LogP) is 1.11. The fourth-order valence-corrected chi connectivity index (χ4v) is 3.28. The highest BCUT2D eigenvalue weighted by molar-refractivity contribution is 5.94. The molecule has 0 bridgehead atoms. The molecule has 0 atom stereocenters. The smallest absolute Gasteiger partial charge is 0.272 e. The van der Waals surface area contributed by atoms with Crippen molar-refractivity contribution >= 4 is 17.1 Å². The van der Waals surface area contributed by atoms with E-state index in [0.717, 1.165) is 32.6 Å². The topological polar surface area (TPSA) is 80.0 Å². The van der Waals surface area contributed by atoms with Crippen molar-refractivity contribution in [1.29, 1.82) is 0 Å². The maximum absolute atomic E-state index is 12.8. The van der Waals surface area contributed by atoms with Crippen LogP contribution in [0.3, 0.4) is 0 Å². The lowest BCUT2D eigenvalue weighted by Gasteiger charge is -2.21. The van der Waals surface area contributed by atoms with Gasteiger partial charge in [0.2, 0.25) is 0 Å². The molecular formula is C18H21N7O. The summed E-state index contributed by atoms with van der Waals surface area (Å²) in [7, 11) is 1.92. The molecule has 0 aromatic carbocycles. The van der Waals surface area contributed by atoms with Crippen molar-refractivity contribution < 1.29 is 4.79 Å². The third-order valence-electron chi connectivity index (χ3n) is 4.59. The number of hydrogen-bond donors (Lipinski definition) is 0. The van der Waals surface area contributed by atoms with Crippen LogP contribution in [0.25, 0.3) is 11.2 Å². The second-order valence-corrected chi connectivity index (χ2v) is 6.54. The second-order valence-electron chi connectivity index (χ2n) is 6.54. The van der Waals surface area contributed by atoms with Crippen molar-refractivity contribution in [3.05, 3.63) is 48.2 Å². The van der Waals surface area contributed by atoms with Gasteiger partial charge in [0.15, 0.2) is 5.65 Å². The molecule has 0 aliphatic carbocycles. The van der Waals surface area contributed by atoms with Crippen LogP contribution < -0.4 is 0 Å². The van der Waals surface area contributed by atoms with Gasteiger partial charge < -0.3 is 4.90 Å². The number of fused-ring (bicyclic) bond motifs is 1. The van der Waals surface area contributed by atoms with Crippen LogP contribution in [-0.4, -0.2) is 66.6 Å². The first kappa shape index (κ1) is 16.6. The standard InChI is InChI=1S/C18H21N7O/c1-23-12-14(11-21-23)13-24-7-2-8-25(10-9-24)18(26)16-4-3-15-17(22-16)20-6-5-19-15/h3-6,11-12H,2,7-10,13H2,1H3. The summed E-state index contributed by atoms with van der Waals surface area (Å²) < 4.78 is 1.82. The number of carbonyl (C=O) groups is 1. The molecule has 1 aliphatic rings. The van der Waals surface area contributed by atoms with E-state index in [0.29, 0.717) is 23.4 Å². The summed E-state index contributed by atoms with van der Waals surface area (Å²) >= 11 is 0. The van der Waals surface area contributed by atoms with Gasteiger partial charge in [-0.15, -0.1) is 0 Å². The Hall–Kier alpha value is -2.87. The normalized spacial score (nSPS) is 16.0. The lowest BCUT2D eigenvalue weighted by Crippen LogP contribution is -2.35. The van der Waals surface area contributed by atoms with Crippen LogP contribution in [0.1, 0.15) is 22.5 Å². The summed E-state index contributed by atoms with van der Waals surface area (Å²) in [5.74, 6) is -0.0409. The lowest BCUT2D eigenvalue weighted by molar-refractivity contribution is 0.0755. The Kier molecular flexibility index (Phi) is 4.57. The Morgan fingerprint density at radius 3 is 2.85 bits per heavy atom. The molecule has 26 heavy (non-hydrogen) atoms. The van der Waals surface area contributed by atoms with Crippen molar-refractivity contribution in [2.75, 3.05) is 26.2 Å². The van der Waals surface area contributed by atoms with E-state index in [-0.39, 0.29) is 5.91 Å². The van der Waals surface area contributed by atoms with Crippen LogP contribution in [0.5, 0.6) is 0 Å². The molecule has 1 saturated heterocycles. The number of carbonyl (C=O) groups excluding carboxylic acids is 1. The van der Waals surface area contributed by atoms with Gasteiger partial charge in [0, 0.05) is 63.9 Å². The zero-order chi connectivity index (χ0) is 17.9. The fraction of sp³-hybridized carbons (Fsp3) is 0.389. The molecule has 3 aromatic heterocycles. The first-order valence-corrected chi connectivity index (χ1v) is 8.76. The van der Waals surface area contributed by atoms with E-state index >= 15 is 0 Å². The van der Waals surface area contributed by atoms with Gasteiger partial charge in [-0.2, -0.15) is 5.10 Å². The van der Waals surface area contributed by atoms with Crippen LogP contribution in [-0.2, 0) is 13.6 Å². The summed E-state index contributed by atoms with van der Waals surface area (Å²) in [6.45, 7) is 4.10. The average Bonchev–Trinajstić information content (AvgIpc) is 2.93. The van der Waals surface area contributed by atoms with Crippen molar-refractivity contribution in [2.45, 2.75) is 13.0 Å². The number of pyridine rings is 1. The molecule has 3 aromatic rings. The van der Waals surface area contributed by atoms with Gasteiger partial charge in [-0.25, -0.2) is 9.97 Å². The van der Waals surface area contributed by atoms with Gasteiger partial charge >= 0.3 is 0 Å². The maximum Gasteiger partial charge on any atom is 0.272 e. The highest BCUT2D eigenvalue weighted by Crippen LogP contribution is 2.13. The van der Waals surface area contributed by atoms with Gasteiger partial charge in [-0.1, -0.05) is 0 Å². The molecule has 1 fully saturated rings. The summed E-state index contributed by atoms with van der Waals surface area (Å²) in [5.41, 5.74) is 2.83. The van der Waals surface area contributed by atoms with Gasteiger partial charge in [-0.3, -0.25) is 19.4 Å². The number of rotatable bonds is 3. The molecule has 0 N–H and O–H groups in total. The maximum atomic E-state index is 12.8. The minimum Gasteiger partial charge on any atom is -0.336 e. The van der Waals surface area contributed by atoms with Crippen LogP contribution >= 0.6 is 0 Å². The molecule has 1 amide bonds. The number of hydrogen-bond acceptors (Lipinski definition) is 6. The van der Waals surface area contributed by atoms with Crippen LogP contribution in [0.4, 0.5) is 0 Å². The monoisotopic (exact) mass is 351 g/mol. The van der Waals surface area contributed by atoms with E-state index in [4.69, 9.17) is 0 Å². The molecule has 0 spiro atoms. The Balaban J connectivity index is 1.43. The number of aromatic nitrogens is 5. The Labute approximate surface area is 151 Å². The van der Waals surface area contributed by atoms with Gasteiger partial charge in [0.1, 0.15) is 11.2 Å². The largest absolute Gasteiger partial charge is 0.336 e. The van der Waals surface area contributed by atoms with Crippen LogP contribution in [0, 0.1) is 0 Å². The summed E-state index contributed by atoms with van der Waals surface area (Å²) in [6, 6.07) is 3.53.